The van der Waals surface area contributed by atoms with Gasteiger partial charge in [-0.2, -0.15) is 0 Å². The smallest absolute Gasteiger partial charge is 0.257 e. The van der Waals surface area contributed by atoms with E-state index in [1.165, 1.54) is 5.48 Å². The number of rotatable bonds is 8. The van der Waals surface area contributed by atoms with Crippen LogP contribution in [0.25, 0.3) is 0 Å². The molecule has 9 heteroatoms. The molecule has 3 atom stereocenters. The van der Waals surface area contributed by atoms with Crippen LogP contribution in [0.2, 0.25) is 0 Å². The molecule has 3 unspecified atom stereocenters. The Kier molecular flexibility index (Phi) is 9.11. The van der Waals surface area contributed by atoms with Gasteiger partial charge in [0.05, 0.1) is 12.5 Å². The summed E-state index contributed by atoms with van der Waals surface area (Å²) in [5.41, 5.74) is 3.91. The number of hydroxylamine groups is 2. The topological polar surface area (TPSA) is 140 Å². The highest BCUT2D eigenvalue weighted by atomic mass is 16.5. The van der Waals surface area contributed by atoms with E-state index in [1.807, 2.05) is 13.0 Å². The Labute approximate surface area is 147 Å². The Bertz CT molecular complexity index is 509. The lowest BCUT2D eigenvalue weighted by atomic mass is 9.83. The van der Waals surface area contributed by atoms with E-state index in [-0.39, 0.29) is 18.5 Å². The third-order valence-corrected chi connectivity index (χ3v) is 4.38. The predicted molar refractivity (Wildman–Crippen MR) is 89.6 cm³/mol. The molecule has 0 heterocycles. The number of carbonyl (C=O) groups is 3. The number of allylic oxidation sites excluding steroid dienone is 1. The summed E-state index contributed by atoms with van der Waals surface area (Å²) in [6.45, 7) is 3.48. The zero-order chi connectivity index (χ0) is 18.8. The monoisotopic (exact) mass is 356 g/mol. The first-order chi connectivity index (χ1) is 11.9. The molecule has 9 nitrogen and oxygen atoms in total. The standard InChI is InChI=1S/C16H28N4O5/c1-3-6-10(2)14(17-9-13(21)19-24)16(23)18-12-8-5-4-7-11(12)15(22)20-25/h6,11-12,14,17,24-25H,3-5,7-9H2,1-2H3,(H,18,23)(H,19,21)(H,20,22)/b10-6+. The molecule has 25 heavy (non-hydrogen) atoms. The average Bonchev–Trinajstić information content (AvgIpc) is 2.61. The van der Waals surface area contributed by atoms with E-state index < -0.39 is 23.8 Å². The van der Waals surface area contributed by atoms with Crippen LogP contribution in [-0.2, 0) is 14.4 Å². The first-order valence-electron chi connectivity index (χ1n) is 8.51. The van der Waals surface area contributed by atoms with Crippen LogP contribution in [0.3, 0.4) is 0 Å². The molecule has 0 aromatic rings. The van der Waals surface area contributed by atoms with Crippen molar-refractivity contribution in [1.29, 1.82) is 0 Å². The lowest BCUT2D eigenvalue weighted by Crippen LogP contribution is -2.54. The fourth-order valence-corrected chi connectivity index (χ4v) is 3.10. The Morgan fingerprint density at radius 3 is 2.44 bits per heavy atom. The molecule has 3 amide bonds. The summed E-state index contributed by atoms with van der Waals surface area (Å²) in [6.07, 6.45) is 5.57. The number of carbonyl (C=O) groups excluding carboxylic acids is 3. The van der Waals surface area contributed by atoms with Crippen LogP contribution in [0.1, 0.15) is 46.0 Å². The molecule has 0 aromatic carbocycles. The molecule has 0 spiro atoms. The number of nitrogens with one attached hydrogen (secondary N) is 4. The van der Waals surface area contributed by atoms with Gasteiger partial charge >= 0.3 is 0 Å². The summed E-state index contributed by atoms with van der Waals surface area (Å²) in [4.78, 5) is 35.7. The van der Waals surface area contributed by atoms with E-state index in [4.69, 9.17) is 10.4 Å². The van der Waals surface area contributed by atoms with Crippen LogP contribution >= 0.6 is 0 Å². The third-order valence-electron chi connectivity index (χ3n) is 4.38. The lowest BCUT2D eigenvalue weighted by Gasteiger charge is -2.32. The molecule has 0 bridgehead atoms. The fraction of sp³-hybridized carbons (Fsp3) is 0.688. The highest BCUT2D eigenvalue weighted by Gasteiger charge is 2.33. The van der Waals surface area contributed by atoms with Crippen molar-refractivity contribution < 1.29 is 24.8 Å². The summed E-state index contributed by atoms with van der Waals surface area (Å²) in [5.74, 6) is -2.00. The number of hydrogen-bond donors (Lipinski definition) is 6. The summed E-state index contributed by atoms with van der Waals surface area (Å²) < 4.78 is 0. The zero-order valence-corrected chi connectivity index (χ0v) is 14.7. The van der Waals surface area contributed by atoms with Gasteiger partial charge in [0.1, 0.15) is 6.04 Å². The molecule has 0 saturated heterocycles. The molecule has 142 valence electrons. The fourth-order valence-electron chi connectivity index (χ4n) is 3.10. The minimum atomic E-state index is -0.753. The van der Waals surface area contributed by atoms with Crippen molar-refractivity contribution in [2.45, 2.75) is 58.0 Å². The summed E-state index contributed by atoms with van der Waals surface area (Å²) in [7, 11) is 0. The van der Waals surface area contributed by atoms with E-state index in [2.05, 4.69) is 10.6 Å². The molecule has 0 radical (unpaired) electrons. The van der Waals surface area contributed by atoms with Crippen molar-refractivity contribution >= 4 is 17.7 Å². The van der Waals surface area contributed by atoms with E-state index >= 15 is 0 Å². The second kappa shape index (κ2) is 10.8. The largest absolute Gasteiger partial charge is 0.351 e. The van der Waals surface area contributed by atoms with Crippen LogP contribution in [0.15, 0.2) is 11.6 Å². The highest BCUT2D eigenvalue weighted by Crippen LogP contribution is 2.25. The van der Waals surface area contributed by atoms with Crippen LogP contribution in [0.5, 0.6) is 0 Å². The number of hydrogen-bond acceptors (Lipinski definition) is 6. The Balaban J connectivity index is 2.82. The molecule has 0 aromatic heterocycles. The van der Waals surface area contributed by atoms with E-state index in [0.717, 1.165) is 24.8 Å². The second-order valence-electron chi connectivity index (χ2n) is 6.19. The van der Waals surface area contributed by atoms with Crippen molar-refractivity contribution in [3.8, 4) is 0 Å². The SMILES string of the molecule is CC/C=C(\C)C(NCC(=O)NO)C(=O)NC1CCCCC1C(=O)NO. The molecule has 1 aliphatic rings. The maximum absolute atomic E-state index is 12.7. The molecular formula is C16H28N4O5. The van der Waals surface area contributed by atoms with Crippen LogP contribution in [0, 0.1) is 5.92 Å². The van der Waals surface area contributed by atoms with Crippen LogP contribution in [-0.4, -0.2) is 46.8 Å². The normalized spacial score (nSPS) is 22.0. The molecule has 1 saturated carbocycles. The van der Waals surface area contributed by atoms with Gasteiger partial charge in [0, 0.05) is 6.04 Å². The minimum absolute atomic E-state index is 0.227. The summed E-state index contributed by atoms with van der Waals surface area (Å²) in [6, 6.07) is -1.13. The van der Waals surface area contributed by atoms with Crippen LogP contribution < -0.4 is 21.6 Å². The predicted octanol–water partition coefficient (Wildman–Crippen LogP) is -0.0133. The lowest BCUT2D eigenvalue weighted by molar-refractivity contribution is -0.136. The quantitative estimate of drug-likeness (QED) is 0.205. The molecule has 0 aliphatic heterocycles. The number of amides is 3. The van der Waals surface area contributed by atoms with Gasteiger partial charge in [0.15, 0.2) is 0 Å². The summed E-state index contributed by atoms with van der Waals surface area (Å²) in [5, 5.41) is 23.1. The van der Waals surface area contributed by atoms with E-state index in [1.54, 1.807) is 12.4 Å². The maximum Gasteiger partial charge on any atom is 0.257 e. The second-order valence-corrected chi connectivity index (χ2v) is 6.19. The molecule has 1 aliphatic carbocycles. The van der Waals surface area contributed by atoms with Gasteiger partial charge in [-0.3, -0.25) is 30.1 Å². The van der Waals surface area contributed by atoms with E-state index in [0.29, 0.717) is 12.8 Å². The summed E-state index contributed by atoms with van der Waals surface area (Å²) >= 11 is 0. The molecule has 1 rings (SSSR count). The van der Waals surface area contributed by atoms with Gasteiger partial charge in [0.2, 0.25) is 11.8 Å². The molecule has 1 fully saturated rings. The van der Waals surface area contributed by atoms with Gasteiger partial charge in [-0.05, 0) is 26.2 Å². The van der Waals surface area contributed by atoms with Crippen molar-refractivity contribution in [3.05, 3.63) is 11.6 Å². The van der Waals surface area contributed by atoms with Crippen molar-refractivity contribution in [3.63, 3.8) is 0 Å². The first kappa shape index (κ1) is 21.1. The first-order valence-corrected chi connectivity index (χ1v) is 8.51. The van der Waals surface area contributed by atoms with E-state index in [9.17, 15) is 14.4 Å². The van der Waals surface area contributed by atoms with Gasteiger partial charge < -0.3 is 5.32 Å². The van der Waals surface area contributed by atoms with Gasteiger partial charge in [-0.15, -0.1) is 0 Å². The molecule has 6 N–H and O–H groups in total. The highest BCUT2D eigenvalue weighted by molar-refractivity contribution is 5.87. The van der Waals surface area contributed by atoms with Crippen molar-refractivity contribution in [1.82, 2.24) is 21.6 Å². The Hall–Kier alpha value is -1.97. The Morgan fingerprint density at radius 2 is 1.84 bits per heavy atom. The average molecular weight is 356 g/mol. The van der Waals surface area contributed by atoms with Gasteiger partial charge in [0.25, 0.3) is 5.91 Å². The van der Waals surface area contributed by atoms with Crippen molar-refractivity contribution in [2.75, 3.05) is 6.54 Å². The van der Waals surface area contributed by atoms with Crippen LogP contribution in [0.4, 0.5) is 0 Å². The van der Waals surface area contributed by atoms with Crippen molar-refractivity contribution in [2.24, 2.45) is 5.92 Å². The van der Waals surface area contributed by atoms with Gasteiger partial charge in [-0.25, -0.2) is 11.0 Å². The maximum atomic E-state index is 12.7. The third kappa shape index (κ3) is 6.45. The Morgan fingerprint density at radius 1 is 1.16 bits per heavy atom. The molecular weight excluding hydrogens is 328 g/mol. The minimum Gasteiger partial charge on any atom is -0.351 e. The zero-order valence-electron chi connectivity index (χ0n) is 14.7. The van der Waals surface area contributed by atoms with Gasteiger partial charge in [-0.1, -0.05) is 31.4 Å².